The predicted molar refractivity (Wildman–Crippen MR) is 60.4 cm³/mol. The van der Waals surface area contributed by atoms with E-state index in [1.54, 1.807) is 11.3 Å². The molecule has 2 N–H and O–H groups in total. The molecule has 0 bridgehead atoms. The van der Waals surface area contributed by atoms with Crippen molar-refractivity contribution >= 4 is 11.3 Å². The molecule has 0 aliphatic heterocycles. The molecule has 1 aromatic rings. The maximum absolute atomic E-state index is 14.0. The van der Waals surface area contributed by atoms with Crippen LogP contribution in [0.3, 0.4) is 0 Å². The lowest BCUT2D eigenvalue weighted by Crippen LogP contribution is -2.33. The van der Waals surface area contributed by atoms with Crippen molar-refractivity contribution in [2.45, 2.75) is 38.3 Å². The van der Waals surface area contributed by atoms with E-state index in [1.165, 1.54) is 4.88 Å². The molecule has 1 aromatic heterocycles. The SMILES string of the molecule is CCCC(F)(CN)CCc1cccs1. The molecule has 1 unspecified atom stereocenters. The summed E-state index contributed by atoms with van der Waals surface area (Å²) in [6.45, 7) is 2.14. The summed E-state index contributed by atoms with van der Waals surface area (Å²) in [5.74, 6) is 0. The number of hydrogen-bond acceptors (Lipinski definition) is 2. The number of nitrogens with two attached hydrogens (primary N) is 1. The van der Waals surface area contributed by atoms with Crippen molar-refractivity contribution in [1.82, 2.24) is 0 Å². The van der Waals surface area contributed by atoms with E-state index in [9.17, 15) is 4.39 Å². The Hall–Kier alpha value is -0.410. The van der Waals surface area contributed by atoms with Crippen molar-refractivity contribution in [2.75, 3.05) is 6.54 Å². The van der Waals surface area contributed by atoms with Crippen LogP contribution in [-0.2, 0) is 6.42 Å². The molecule has 1 nitrogen and oxygen atoms in total. The predicted octanol–water partition coefficient (Wildman–Crippen LogP) is 3.15. The summed E-state index contributed by atoms with van der Waals surface area (Å²) in [4.78, 5) is 1.25. The second kappa shape index (κ2) is 5.47. The van der Waals surface area contributed by atoms with E-state index in [0.717, 1.165) is 12.8 Å². The molecule has 0 radical (unpaired) electrons. The lowest BCUT2D eigenvalue weighted by molar-refractivity contribution is 0.146. The van der Waals surface area contributed by atoms with Crippen LogP contribution in [0.25, 0.3) is 0 Å². The number of alkyl halides is 1. The molecule has 1 atom stereocenters. The second-order valence-corrected chi connectivity index (χ2v) is 4.72. The summed E-state index contributed by atoms with van der Waals surface area (Å²) in [7, 11) is 0. The molecule has 0 saturated heterocycles. The molecule has 0 aromatic carbocycles. The molecule has 0 spiro atoms. The number of aryl methyl sites for hydroxylation is 1. The van der Waals surface area contributed by atoms with Crippen molar-refractivity contribution < 1.29 is 4.39 Å². The molecule has 1 heterocycles. The largest absolute Gasteiger partial charge is 0.328 e. The van der Waals surface area contributed by atoms with Crippen LogP contribution in [0, 0.1) is 0 Å². The van der Waals surface area contributed by atoms with Crippen molar-refractivity contribution in [3.8, 4) is 0 Å². The number of rotatable bonds is 6. The van der Waals surface area contributed by atoms with Crippen LogP contribution in [0.4, 0.5) is 4.39 Å². The Bertz CT molecular complexity index is 248. The molecule has 3 heteroatoms. The summed E-state index contributed by atoms with van der Waals surface area (Å²) in [6.07, 6.45) is 2.80. The minimum Gasteiger partial charge on any atom is -0.328 e. The van der Waals surface area contributed by atoms with Crippen molar-refractivity contribution in [3.05, 3.63) is 22.4 Å². The average molecular weight is 215 g/mol. The van der Waals surface area contributed by atoms with Gasteiger partial charge in [-0.05, 0) is 30.7 Å². The lowest BCUT2D eigenvalue weighted by Gasteiger charge is -2.22. The monoisotopic (exact) mass is 215 g/mol. The summed E-state index contributed by atoms with van der Waals surface area (Å²) in [5, 5.41) is 2.03. The van der Waals surface area contributed by atoms with Gasteiger partial charge in [-0.2, -0.15) is 0 Å². The van der Waals surface area contributed by atoms with Crippen LogP contribution in [0.1, 0.15) is 31.1 Å². The van der Waals surface area contributed by atoms with Crippen LogP contribution in [0.15, 0.2) is 17.5 Å². The highest BCUT2D eigenvalue weighted by atomic mass is 32.1. The fraction of sp³-hybridized carbons (Fsp3) is 0.636. The molecule has 14 heavy (non-hydrogen) atoms. The molecule has 0 fully saturated rings. The van der Waals surface area contributed by atoms with Gasteiger partial charge in [0.25, 0.3) is 0 Å². The third kappa shape index (κ3) is 3.39. The maximum atomic E-state index is 14.0. The van der Waals surface area contributed by atoms with Gasteiger partial charge in [-0.1, -0.05) is 19.4 Å². The van der Waals surface area contributed by atoms with E-state index in [-0.39, 0.29) is 6.54 Å². The minimum absolute atomic E-state index is 0.145. The fourth-order valence-corrected chi connectivity index (χ4v) is 2.29. The first-order valence-electron chi connectivity index (χ1n) is 5.11. The summed E-state index contributed by atoms with van der Waals surface area (Å²) in [6, 6.07) is 4.05. The number of halogens is 1. The van der Waals surface area contributed by atoms with E-state index in [2.05, 4.69) is 0 Å². The zero-order valence-electron chi connectivity index (χ0n) is 8.63. The van der Waals surface area contributed by atoms with E-state index < -0.39 is 5.67 Å². The van der Waals surface area contributed by atoms with Crippen molar-refractivity contribution in [1.29, 1.82) is 0 Å². The Morgan fingerprint density at radius 2 is 2.29 bits per heavy atom. The maximum Gasteiger partial charge on any atom is 0.123 e. The highest BCUT2D eigenvalue weighted by Crippen LogP contribution is 2.24. The first-order chi connectivity index (χ1) is 6.70. The van der Waals surface area contributed by atoms with Gasteiger partial charge in [0.05, 0.1) is 0 Å². The second-order valence-electron chi connectivity index (χ2n) is 3.68. The van der Waals surface area contributed by atoms with Crippen LogP contribution in [0.5, 0.6) is 0 Å². The third-order valence-electron chi connectivity index (χ3n) is 2.46. The highest BCUT2D eigenvalue weighted by Gasteiger charge is 2.26. The first-order valence-corrected chi connectivity index (χ1v) is 5.99. The van der Waals surface area contributed by atoms with Gasteiger partial charge < -0.3 is 5.73 Å². The van der Waals surface area contributed by atoms with Crippen molar-refractivity contribution in [2.24, 2.45) is 5.73 Å². The van der Waals surface area contributed by atoms with E-state index in [1.807, 2.05) is 24.4 Å². The van der Waals surface area contributed by atoms with Crippen LogP contribution < -0.4 is 5.73 Å². The van der Waals surface area contributed by atoms with Crippen molar-refractivity contribution in [3.63, 3.8) is 0 Å². The molecular weight excluding hydrogens is 197 g/mol. The fourth-order valence-electron chi connectivity index (χ4n) is 1.58. The molecule has 1 rings (SSSR count). The van der Waals surface area contributed by atoms with E-state index in [0.29, 0.717) is 12.8 Å². The van der Waals surface area contributed by atoms with Gasteiger partial charge in [0.1, 0.15) is 5.67 Å². The number of hydrogen-bond donors (Lipinski definition) is 1. The standard InChI is InChI=1S/C11H18FNS/c1-2-6-11(12,9-13)7-5-10-4-3-8-14-10/h3-4,8H,2,5-7,9,13H2,1H3. The average Bonchev–Trinajstić information content (AvgIpc) is 2.68. The Balaban J connectivity index is 2.41. The molecule has 0 amide bonds. The normalized spacial score (nSPS) is 15.4. The van der Waals surface area contributed by atoms with Gasteiger partial charge in [-0.15, -0.1) is 11.3 Å². The van der Waals surface area contributed by atoms with Gasteiger partial charge in [0.15, 0.2) is 0 Å². The Morgan fingerprint density at radius 1 is 1.50 bits per heavy atom. The molecular formula is C11H18FNS. The number of thiophene rings is 1. The summed E-state index contributed by atoms with van der Waals surface area (Å²) in [5.41, 5.74) is 4.31. The quantitative estimate of drug-likeness (QED) is 0.775. The molecule has 0 aliphatic rings. The Morgan fingerprint density at radius 3 is 2.79 bits per heavy atom. The highest BCUT2D eigenvalue weighted by molar-refractivity contribution is 7.09. The van der Waals surface area contributed by atoms with Crippen LogP contribution >= 0.6 is 11.3 Å². The van der Waals surface area contributed by atoms with Gasteiger partial charge in [0.2, 0.25) is 0 Å². The van der Waals surface area contributed by atoms with E-state index >= 15 is 0 Å². The lowest BCUT2D eigenvalue weighted by atomic mass is 9.94. The van der Waals surface area contributed by atoms with Crippen LogP contribution in [-0.4, -0.2) is 12.2 Å². The molecule has 0 aliphatic carbocycles. The van der Waals surface area contributed by atoms with Gasteiger partial charge in [-0.3, -0.25) is 0 Å². The zero-order chi connectivity index (χ0) is 10.4. The Labute approximate surface area is 89.1 Å². The Kier molecular flexibility index (Phi) is 4.55. The smallest absolute Gasteiger partial charge is 0.123 e. The van der Waals surface area contributed by atoms with Gasteiger partial charge in [0, 0.05) is 11.4 Å². The van der Waals surface area contributed by atoms with Crippen LogP contribution in [0.2, 0.25) is 0 Å². The minimum atomic E-state index is -1.15. The third-order valence-corrected chi connectivity index (χ3v) is 3.40. The van der Waals surface area contributed by atoms with E-state index in [4.69, 9.17) is 5.73 Å². The summed E-state index contributed by atoms with van der Waals surface area (Å²) < 4.78 is 14.0. The first kappa shape index (κ1) is 11.7. The topological polar surface area (TPSA) is 26.0 Å². The molecule has 80 valence electrons. The summed E-state index contributed by atoms with van der Waals surface area (Å²) >= 11 is 1.68. The van der Waals surface area contributed by atoms with Gasteiger partial charge >= 0.3 is 0 Å². The van der Waals surface area contributed by atoms with Gasteiger partial charge in [-0.25, -0.2) is 4.39 Å². The molecule has 0 saturated carbocycles. The zero-order valence-corrected chi connectivity index (χ0v) is 9.45.